The third-order valence-corrected chi connectivity index (χ3v) is 5.59. The second-order valence-electron chi connectivity index (χ2n) is 7.72. The molecule has 34 heavy (non-hydrogen) atoms. The molecule has 1 aliphatic carbocycles. The van der Waals surface area contributed by atoms with Gasteiger partial charge in [-0.3, -0.25) is 4.98 Å². The first-order valence-electron chi connectivity index (χ1n) is 10.4. The Bertz CT molecular complexity index is 1380. The zero-order valence-corrected chi connectivity index (χ0v) is 17.9. The molecule has 5 rings (SSSR count). The van der Waals surface area contributed by atoms with E-state index in [1.165, 1.54) is 36.9 Å². The smallest absolute Gasteiger partial charge is 0.388 e. The van der Waals surface area contributed by atoms with Gasteiger partial charge in [-0.25, -0.2) is 19.0 Å². The minimum atomic E-state index is -4.63. The van der Waals surface area contributed by atoms with Gasteiger partial charge in [0.1, 0.15) is 12.4 Å². The number of halogens is 4. The number of aromatic nitrogens is 5. The number of alkyl halides is 3. The van der Waals surface area contributed by atoms with Crippen LogP contribution < -0.4 is 5.32 Å². The summed E-state index contributed by atoms with van der Waals surface area (Å²) in [6.07, 6.45) is 1.39. The summed E-state index contributed by atoms with van der Waals surface area (Å²) in [6.45, 7) is 2.10. The summed E-state index contributed by atoms with van der Waals surface area (Å²) in [5.74, 6) is -0.286. The molecule has 0 radical (unpaired) electrons. The Morgan fingerprint density at radius 1 is 1.09 bits per heavy atom. The van der Waals surface area contributed by atoms with Gasteiger partial charge >= 0.3 is 6.18 Å². The van der Waals surface area contributed by atoms with E-state index in [1.54, 1.807) is 0 Å². The molecule has 0 amide bonds. The highest BCUT2D eigenvalue weighted by Gasteiger charge is 2.35. The number of anilines is 1. The van der Waals surface area contributed by atoms with Crippen molar-refractivity contribution in [2.45, 2.75) is 26.1 Å². The van der Waals surface area contributed by atoms with Gasteiger partial charge in [-0.05, 0) is 36.2 Å². The third kappa shape index (κ3) is 3.67. The molecule has 174 valence electrons. The maximum atomic E-state index is 14.6. The normalized spacial score (nSPS) is 12.5. The fraction of sp³-hybridized carbons (Fsp3) is 0.217. The van der Waals surface area contributed by atoms with Crippen LogP contribution in [0.4, 0.5) is 23.2 Å². The zero-order chi connectivity index (χ0) is 24.0. The molecule has 0 atom stereocenters. The Labute approximate surface area is 191 Å². The van der Waals surface area contributed by atoms with Gasteiger partial charge in [0, 0.05) is 60.1 Å². The largest absolute Gasteiger partial charge is 0.435 e. The molecule has 4 aromatic rings. The van der Waals surface area contributed by atoms with Crippen molar-refractivity contribution >= 4 is 5.69 Å². The van der Waals surface area contributed by atoms with E-state index in [1.807, 2.05) is 6.92 Å². The SMILES string of the molecule is CCNc1cc(F)cc2c1Cc1ncc(-c3cnc(CO)nc3)c(-n3ccc(C(F)(F)F)n3)c1-2. The Morgan fingerprint density at radius 2 is 1.85 bits per heavy atom. The highest BCUT2D eigenvalue weighted by molar-refractivity contribution is 5.91. The summed E-state index contributed by atoms with van der Waals surface area (Å²) < 4.78 is 55.7. The minimum absolute atomic E-state index is 0.195. The lowest BCUT2D eigenvalue weighted by atomic mass is 9.99. The van der Waals surface area contributed by atoms with Gasteiger partial charge in [0.2, 0.25) is 0 Å². The minimum Gasteiger partial charge on any atom is -0.388 e. The van der Waals surface area contributed by atoms with Gasteiger partial charge in [-0.2, -0.15) is 18.3 Å². The highest BCUT2D eigenvalue weighted by atomic mass is 19.4. The standard InChI is InChI=1S/C23H18F4N6O/c1-2-28-17-6-13(24)5-15-14(17)7-18-21(15)22(33-4-3-19(32-33)23(25,26)27)16(10-29-18)12-8-30-20(11-34)31-9-12/h3-6,8-10,28,34H,2,7,11H2,1H3. The molecule has 3 heterocycles. The molecule has 11 heteroatoms. The number of pyridine rings is 1. The predicted octanol–water partition coefficient (Wildman–Crippen LogP) is 4.38. The predicted molar refractivity (Wildman–Crippen MR) is 116 cm³/mol. The fourth-order valence-electron chi connectivity index (χ4n) is 4.15. The van der Waals surface area contributed by atoms with Gasteiger partial charge in [0.25, 0.3) is 0 Å². The molecule has 3 aromatic heterocycles. The number of aliphatic hydroxyl groups is 1. The van der Waals surface area contributed by atoms with Crippen LogP contribution in [0.1, 0.15) is 29.7 Å². The zero-order valence-electron chi connectivity index (χ0n) is 17.9. The van der Waals surface area contributed by atoms with Crippen LogP contribution in [0.15, 0.2) is 43.0 Å². The number of aliphatic hydroxyl groups excluding tert-OH is 1. The van der Waals surface area contributed by atoms with E-state index in [0.29, 0.717) is 52.3 Å². The van der Waals surface area contributed by atoms with Crippen LogP contribution >= 0.6 is 0 Å². The van der Waals surface area contributed by atoms with Crippen molar-refractivity contribution in [2.24, 2.45) is 0 Å². The van der Waals surface area contributed by atoms with E-state index in [2.05, 4.69) is 25.4 Å². The summed E-state index contributed by atoms with van der Waals surface area (Å²) in [5, 5.41) is 16.2. The van der Waals surface area contributed by atoms with Crippen LogP contribution in [0.25, 0.3) is 27.9 Å². The molecule has 7 nitrogen and oxygen atoms in total. The lowest BCUT2D eigenvalue weighted by molar-refractivity contribution is -0.141. The average Bonchev–Trinajstić information content (AvgIpc) is 3.44. The Hall–Kier alpha value is -3.86. The molecule has 0 saturated carbocycles. The number of nitrogens with zero attached hydrogens (tertiary/aromatic N) is 5. The number of hydrogen-bond acceptors (Lipinski definition) is 6. The van der Waals surface area contributed by atoms with Crippen LogP contribution in [0.5, 0.6) is 0 Å². The number of rotatable bonds is 5. The van der Waals surface area contributed by atoms with E-state index in [4.69, 9.17) is 0 Å². The summed E-state index contributed by atoms with van der Waals surface area (Å²) in [6, 6.07) is 3.63. The van der Waals surface area contributed by atoms with Crippen molar-refractivity contribution in [1.82, 2.24) is 24.7 Å². The molecule has 0 bridgehead atoms. The number of hydrogen-bond donors (Lipinski definition) is 2. The van der Waals surface area contributed by atoms with E-state index in [0.717, 1.165) is 16.3 Å². The van der Waals surface area contributed by atoms with Crippen molar-refractivity contribution < 1.29 is 22.7 Å². The summed E-state index contributed by atoms with van der Waals surface area (Å²) in [4.78, 5) is 12.7. The first kappa shape index (κ1) is 22.0. The lowest BCUT2D eigenvalue weighted by Crippen LogP contribution is -2.09. The number of fused-ring (bicyclic) bond motifs is 3. The van der Waals surface area contributed by atoms with Crippen molar-refractivity contribution in [3.8, 4) is 27.9 Å². The van der Waals surface area contributed by atoms with Gasteiger partial charge in [-0.1, -0.05) is 0 Å². The maximum Gasteiger partial charge on any atom is 0.435 e. The first-order valence-corrected chi connectivity index (χ1v) is 10.4. The van der Waals surface area contributed by atoms with Crippen LogP contribution in [0.2, 0.25) is 0 Å². The highest BCUT2D eigenvalue weighted by Crippen LogP contribution is 2.46. The van der Waals surface area contributed by atoms with Crippen LogP contribution in [-0.2, 0) is 19.2 Å². The average molecular weight is 470 g/mol. The van der Waals surface area contributed by atoms with E-state index < -0.39 is 17.7 Å². The molecule has 0 aliphatic heterocycles. The van der Waals surface area contributed by atoms with Crippen LogP contribution in [-0.4, -0.2) is 36.4 Å². The van der Waals surface area contributed by atoms with Crippen molar-refractivity contribution in [2.75, 3.05) is 11.9 Å². The third-order valence-electron chi connectivity index (χ3n) is 5.59. The Kier molecular flexibility index (Phi) is 5.28. The second kappa shape index (κ2) is 8.17. The molecule has 0 unspecified atom stereocenters. The van der Waals surface area contributed by atoms with Gasteiger partial charge in [0.05, 0.1) is 11.4 Å². The monoisotopic (exact) mass is 470 g/mol. The first-order chi connectivity index (χ1) is 16.3. The van der Waals surface area contributed by atoms with Crippen LogP contribution in [0, 0.1) is 5.82 Å². The number of benzene rings is 1. The van der Waals surface area contributed by atoms with Gasteiger partial charge in [0.15, 0.2) is 11.5 Å². The van der Waals surface area contributed by atoms with Crippen molar-refractivity contribution in [3.05, 3.63) is 71.6 Å². The number of nitrogens with one attached hydrogen (secondary N) is 1. The fourth-order valence-corrected chi connectivity index (χ4v) is 4.15. The molecule has 0 spiro atoms. The quantitative estimate of drug-likeness (QED) is 0.371. The topological polar surface area (TPSA) is 88.8 Å². The summed E-state index contributed by atoms with van der Waals surface area (Å²) >= 11 is 0. The molecule has 0 fully saturated rings. The van der Waals surface area contributed by atoms with Crippen molar-refractivity contribution in [1.29, 1.82) is 0 Å². The van der Waals surface area contributed by atoms with E-state index in [9.17, 15) is 22.7 Å². The van der Waals surface area contributed by atoms with Gasteiger partial charge < -0.3 is 10.4 Å². The van der Waals surface area contributed by atoms with Crippen LogP contribution in [0.3, 0.4) is 0 Å². The maximum absolute atomic E-state index is 14.6. The molecular formula is C23H18F4N6O. The Balaban J connectivity index is 1.79. The van der Waals surface area contributed by atoms with Gasteiger partial charge in [-0.15, -0.1) is 0 Å². The molecule has 0 saturated heterocycles. The molecular weight excluding hydrogens is 452 g/mol. The van der Waals surface area contributed by atoms with Crippen molar-refractivity contribution in [3.63, 3.8) is 0 Å². The molecule has 2 N–H and O–H groups in total. The molecule has 1 aliphatic rings. The summed E-state index contributed by atoms with van der Waals surface area (Å²) in [5.41, 5.74) is 3.17. The second-order valence-corrected chi connectivity index (χ2v) is 7.72. The lowest BCUT2D eigenvalue weighted by Gasteiger charge is -2.16. The summed E-state index contributed by atoms with van der Waals surface area (Å²) in [7, 11) is 0. The molecule has 1 aromatic carbocycles. The van der Waals surface area contributed by atoms with E-state index >= 15 is 0 Å². The Morgan fingerprint density at radius 3 is 2.50 bits per heavy atom. The van der Waals surface area contributed by atoms with E-state index in [-0.39, 0.29) is 12.4 Å².